The van der Waals surface area contributed by atoms with E-state index in [0.29, 0.717) is 16.5 Å². The highest BCUT2D eigenvalue weighted by molar-refractivity contribution is 6.26. The van der Waals surface area contributed by atoms with Crippen molar-refractivity contribution < 1.29 is 19.5 Å². The van der Waals surface area contributed by atoms with Crippen LogP contribution >= 0.6 is 0 Å². The number of nitrogens with zero attached hydrogens (tertiary/aromatic N) is 1. The number of nitrogens with one attached hydrogen (secondary N) is 1. The van der Waals surface area contributed by atoms with Crippen LogP contribution in [0.25, 0.3) is 10.8 Å². The number of hydrogen-bond acceptors (Lipinski definition) is 4. The number of amides is 2. The lowest BCUT2D eigenvalue weighted by molar-refractivity contribution is -0.137. The fraction of sp³-hybridized carbons (Fsp3) is 0.519. The van der Waals surface area contributed by atoms with E-state index in [1.54, 1.807) is 12.1 Å². The van der Waals surface area contributed by atoms with Crippen LogP contribution in [0.2, 0.25) is 0 Å². The number of carbonyl (C=O) groups is 3. The minimum atomic E-state index is -0.933. The van der Waals surface area contributed by atoms with Gasteiger partial charge in [-0.2, -0.15) is 0 Å². The molecule has 2 aromatic rings. The number of benzene rings is 2. The minimum absolute atomic E-state index is 0.0736. The molecule has 0 aliphatic carbocycles. The largest absolute Gasteiger partial charge is 0.481 e. The van der Waals surface area contributed by atoms with Crippen LogP contribution in [0.15, 0.2) is 30.3 Å². The topological polar surface area (TPSA) is 86.7 Å². The van der Waals surface area contributed by atoms with Gasteiger partial charge in [0.15, 0.2) is 0 Å². The monoisotopic (exact) mass is 452 g/mol. The van der Waals surface area contributed by atoms with Gasteiger partial charge >= 0.3 is 5.97 Å². The standard InChI is InChI=1S/C27H36N2O4/c1-2-3-4-5-6-7-8-9-10-18-28-23-17-16-22-25-20(23)13-11-14-21(25)26(32)29(27(22)33)19-12-15-24(30)31/h11,13-14,16-17,28H,2-10,12,15,18-19H2,1H3,(H,30,31). The van der Waals surface area contributed by atoms with Crippen molar-refractivity contribution >= 4 is 34.2 Å². The van der Waals surface area contributed by atoms with Gasteiger partial charge in [-0.15, -0.1) is 0 Å². The summed E-state index contributed by atoms with van der Waals surface area (Å²) < 4.78 is 0. The number of rotatable bonds is 15. The number of carboxylic acids is 1. The third-order valence-electron chi connectivity index (χ3n) is 6.36. The van der Waals surface area contributed by atoms with Gasteiger partial charge in [0.2, 0.25) is 0 Å². The molecule has 2 aromatic carbocycles. The molecule has 2 N–H and O–H groups in total. The van der Waals surface area contributed by atoms with Crippen LogP contribution in [0.1, 0.15) is 98.3 Å². The van der Waals surface area contributed by atoms with Gasteiger partial charge in [-0.25, -0.2) is 0 Å². The Morgan fingerprint density at radius 3 is 2.15 bits per heavy atom. The second kappa shape index (κ2) is 12.4. The van der Waals surface area contributed by atoms with Crippen molar-refractivity contribution in [3.63, 3.8) is 0 Å². The number of unbranched alkanes of at least 4 members (excludes halogenated alkanes) is 8. The zero-order chi connectivity index (χ0) is 23.6. The van der Waals surface area contributed by atoms with Crippen LogP contribution < -0.4 is 5.32 Å². The summed E-state index contributed by atoms with van der Waals surface area (Å²) >= 11 is 0. The zero-order valence-corrected chi connectivity index (χ0v) is 19.7. The molecule has 0 unspecified atom stereocenters. The summed E-state index contributed by atoms with van der Waals surface area (Å²) in [6, 6.07) is 9.23. The molecule has 1 heterocycles. The molecule has 0 saturated heterocycles. The van der Waals surface area contributed by atoms with Crippen molar-refractivity contribution in [3.8, 4) is 0 Å². The second-order valence-corrected chi connectivity index (χ2v) is 8.90. The highest BCUT2D eigenvalue weighted by Gasteiger charge is 2.32. The van der Waals surface area contributed by atoms with E-state index in [0.717, 1.165) is 24.0 Å². The van der Waals surface area contributed by atoms with Crippen molar-refractivity contribution in [2.75, 3.05) is 18.4 Å². The van der Waals surface area contributed by atoms with Crippen molar-refractivity contribution in [2.24, 2.45) is 0 Å². The summed E-state index contributed by atoms with van der Waals surface area (Å²) in [7, 11) is 0. The summed E-state index contributed by atoms with van der Waals surface area (Å²) in [4.78, 5) is 37.9. The van der Waals surface area contributed by atoms with Crippen LogP contribution in [0.5, 0.6) is 0 Å². The number of carbonyl (C=O) groups excluding carboxylic acids is 2. The minimum Gasteiger partial charge on any atom is -0.481 e. The summed E-state index contributed by atoms with van der Waals surface area (Å²) in [6.07, 6.45) is 11.7. The van der Waals surface area contributed by atoms with Gasteiger partial charge in [0.1, 0.15) is 0 Å². The van der Waals surface area contributed by atoms with Gasteiger partial charge in [0.25, 0.3) is 11.8 Å². The van der Waals surface area contributed by atoms with E-state index in [1.807, 2.05) is 18.2 Å². The molecule has 0 atom stereocenters. The van der Waals surface area contributed by atoms with Gasteiger partial charge in [-0.05, 0) is 31.0 Å². The predicted molar refractivity (Wildman–Crippen MR) is 132 cm³/mol. The van der Waals surface area contributed by atoms with Crippen molar-refractivity contribution in [3.05, 3.63) is 41.5 Å². The molecule has 3 rings (SSSR count). The Morgan fingerprint density at radius 1 is 0.848 bits per heavy atom. The van der Waals surface area contributed by atoms with Gasteiger partial charge in [0, 0.05) is 47.1 Å². The molecule has 0 bridgehead atoms. The molecule has 0 saturated carbocycles. The Labute approximate surface area is 196 Å². The zero-order valence-electron chi connectivity index (χ0n) is 19.7. The number of hydrogen-bond donors (Lipinski definition) is 2. The number of anilines is 1. The highest BCUT2D eigenvalue weighted by Crippen LogP contribution is 2.34. The van der Waals surface area contributed by atoms with Crippen LogP contribution in [-0.2, 0) is 4.79 Å². The molecule has 6 heteroatoms. The van der Waals surface area contributed by atoms with Gasteiger partial charge in [0.05, 0.1) is 0 Å². The predicted octanol–water partition coefficient (Wildman–Crippen LogP) is 6.24. The van der Waals surface area contributed by atoms with Crippen LogP contribution in [0.3, 0.4) is 0 Å². The molecule has 0 fully saturated rings. The Morgan fingerprint density at radius 2 is 1.48 bits per heavy atom. The lowest BCUT2D eigenvalue weighted by Gasteiger charge is -2.27. The second-order valence-electron chi connectivity index (χ2n) is 8.90. The van der Waals surface area contributed by atoms with E-state index in [2.05, 4.69) is 12.2 Å². The maximum absolute atomic E-state index is 13.0. The van der Waals surface area contributed by atoms with Gasteiger partial charge < -0.3 is 10.4 Å². The Bertz CT molecular complexity index is 963. The average Bonchev–Trinajstić information content (AvgIpc) is 2.81. The summed E-state index contributed by atoms with van der Waals surface area (Å²) in [5.74, 6) is -1.63. The Hall–Kier alpha value is -2.89. The first kappa shape index (κ1) is 24.7. The molecule has 2 amide bonds. The maximum atomic E-state index is 13.0. The average molecular weight is 453 g/mol. The van der Waals surface area contributed by atoms with E-state index in [-0.39, 0.29) is 31.2 Å². The van der Waals surface area contributed by atoms with Crippen LogP contribution in [0, 0.1) is 0 Å². The first-order chi connectivity index (χ1) is 16.0. The third-order valence-corrected chi connectivity index (χ3v) is 6.36. The quantitative estimate of drug-likeness (QED) is 0.247. The number of carboxylic acid groups (broad SMARTS) is 1. The summed E-state index contributed by atoms with van der Waals surface area (Å²) in [6.45, 7) is 3.21. The molecule has 1 aliphatic heterocycles. The molecule has 33 heavy (non-hydrogen) atoms. The fourth-order valence-electron chi connectivity index (χ4n) is 4.55. The highest BCUT2D eigenvalue weighted by atomic mass is 16.4. The first-order valence-electron chi connectivity index (χ1n) is 12.4. The Kier molecular flexibility index (Phi) is 9.28. The molecular formula is C27H36N2O4. The summed E-state index contributed by atoms with van der Waals surface area (Å²) in [5, 5.41) is 13.9. The molecule has 6 nitrogen and oxygen atoms in total. The molecule has 0 spiro atoms. The molecular weight excluding hydrogens is 416 g/mol. The van der Waals surface area contributed by atoms with E-state index >= 15 is 0 Å². The molecule has 0 radical (unpaired) electrons. The molecule has 178 valence electrons. The fourth-order valence-corrected chi connectivity index (χ4v) is 4.55. The van der Waals surface area contributed by atoms with E-state index in [1.165, 1.54) is 56.3 Å². The van der Waals surface area contributed by atoms with Crippen molar-refractivity contribution in [2.45, 2.75) is 77.6 Å². The maximum Gasteiger partial charge on any atom is 0.303 e. The van der Waals surface area contributed by atoms with Crippen molar-refractivity contribution in [1.29, 1.82) is 0 Å². The van der Waals surface area contributed by atoms with Crippen molar-refractivity contribution in [1.82, 2.24) is 4.90 Å². The Balaban J connectivity index is 1.59. The third kappa shape index (κ3) is 6.34. The van der Waals surface area contributed by atoms with Gasteiger partial charge in [-0.3, -0.25) is 19.3 Å². The van der Waals surface area contributed by atoms with Crippen LogP contribution in [-0.4, -0.2) is 40.9 Å². The molecule has 1 aliphatic rings. The van der Waals surface area contributed by atoms with E-state index < -0.39 is 5.97 Å². The smallest absolute Gasteiger partial charge is 0.303 e. The normalized spacial score (nSPS) is 13.1. The number of aliphatic carboxylic acids is 1. The van der Waals surface area contributed by atoms with E-state index in [4.69, 9.17) is 5.11 Å². The van der Waals surface area contributed by atoms with Gasteiger partial charge in [-0.1, -0.05) is 70.4 Å². The lowest BCUT2D eigenvalue weighted by Crippen LogP contribution is -2.41. The summed E-state index contributed by atoms with van der Waals surface area (Å²) in [5.41, 5.74) is 1.95. The van der Waals surface area contributed by atoms with Crippen LogP contribution in [0.4, 0.5) is 5.69 Å². The first-order valence-corrected chi connectivity index (χ1v) is 12.4. The molecule has 0 aromatic heterocycles. The number of imide groups is 1. The SMILES string of the molecule is CCCCCCCCCCCNc1ccc2c3c(cccc13)C(=O)N(CCCC(=O)O)C2=O. The van der Waals surface area contributed by atoms with E-state index in [9.17, 15) is 14.4 Å². The lowest BCUT2D eigenvalue weighted by atomic mass is 9.93.